The molecule has 67 heavy (non-hydrogen) atoms. The van der Waals surface area contributed by atoms with E-state index in [9.17, 15) is 19.8 Å². The zero-order valence-corrected chi connectivity index (χ0v) is 45.7. The number of hydrogen-bond donors (Lipinski definition) is 3. The van der Waals surface area contributed by atoms with Gasteiger partial charge in [0.1, 0.15) is 0 Å². The molecule has 6 nitrogen and oxygen atoms in total. The molecule has 0 saturated heterocycles. The second kappa shape index (κ2) is 57.4. The van der Waals surface area contributed by atoms with E-state index in [1.807, 2.05) is 0 Å². The predicted molar refractivity (Wildman–Crippen MR) is 292 cm³/mol. The van der Waals surface area contributed by atoms with Gasteiger partial charge < -0.3 is 20.3 Å². The summed E-state index contributed by atoms with van der Waals surface area (Å²) < 4.78 is 5.47. The van der Waals surface area contributed by atoms with Crippen molar-refractivity contribution in [3.63, 3.8) is 0 Å². The van der Waals surface area contributed by atoms with E-state index in [2.05, 4.69) is 19.2 Å². The van der Waals surface area contributed by atoms with Gasteiger partial charge in [-0.05, 0) is 25.7 Å². The molecule has 0 rings (SSSR count). The average Bonchev–Trinajstić information content (AvgIpc) is 3.33. The fraction of sp³-hybridized carbons (Fsp3) is 0.967. The van der Waals surface area contributed by atoms with Gasteiger partial charge >= 0.3 is 5.97 Å². The van der Waals surface area contributed by atoms with Crippen LogP contribution in [0.5, 0.6) is 0 Å². The number of aliphatic hydroxyl groups is 2. The van der Waals surface area contributed by atoms with Crippen LogP contribution in [0.15, 0.2) is 0 Å². The number of amides is 1. The summed E-state index contributed by atoms with van der Waals surface area (Å²) in [7, 11) is 0. The number of carbonyl (C=O) groups is 2. The van der Waals surface area contributed by atoms with Crippen LogP contribution in [0.25, 0.3) is 0 Å². The largest absolute Gasteiger partial charge is 0.466 e. The lowest BCUT2D eigenvalue weighted by atomic mass is 10.0. The Hall–Kier alpha value is -1.14. The Morgan fingerprint density at radius 2 is 0.612 bits per heavy atom. The van der Waals surface area contributed by atoms with Crippen LogP contribution < -0.4 is 5.32 Å². The zero-order chi connectivity index (χ0) is 48.6. The molecule has 2 atom stereocenters. The number of rotatable bonds is 58. The van der Waals surface area contributed by atoms with Crippen LogP contribution in [0.2, 0.25) is 0 Å². The molecule has 0 aliphatic rings. The summed E-state index contributed by atoms with van der Waals surface area (Å²) in [6, 6.07) is -0.553. The van der Waals surface area contributed by atoms with Crippen molar-refractivity contribution >= 4 is 11.9 Å². The van der Waals surface area contributed by atoms with Crippen molar-refractivity contribution in [2.75, 3.05) is 13.2 Å². The maximum Gasteiger partial charge on any atom is 0.305 e. The van der Waals surface area contributed by atoms with Crippen molar-refractivity contribution in [3.05, 3.63) is 0 Å². The van der Waals surface area contributed by atoms with Crippen molar-refractivity contribution < 1.29 is 24.5 Å². The first-order valence-corrected chi connectivity index (χ1v) is 30.8. The third-order valence-electron chi connectivity index (χ3n) is 14.7. The Kier molecular flexibility index (Phi) is 56.5. The first-order chi connectivity index (χ1) is 33.0. The summed E-state index contributed by atoms with van der Waals surface area (Å²) in [5.74, 6) is -0.0505. The second-order valence-corrected chi connectivity index (χ2v) is 21.4. The summed E-state index contributed by atoms with van der Waals surface area (Å²) in [6.45, 7) is 4.96. The highest BCUT2D eigenvalue weighted by Gasteiger charge is 2.20. The van der Waals surface area contributed by atoms with E-state index in [4.69, 9.17) is 4.74 Å². The molecule has 0 fully saturated rings. The van der Waals surface area contributed by atoms with Gasteiger partial charge in [-0.15, -0.1) is 0 Å². The molecule has 2 unspecified atom stereocenters. The van der Waals surface area contributed by atoms with E-state index in [1.54, 1.807) is 0 Å². The van der Waals surface area contributed by atoms with Crippen molar-refractivity contribution in [3.8, 4) is 0 Å². The number of carbonyl (C=O) groups excluding carboxylic acids is 2. The van der Waals surface area contributed by atoms with Crippen LogP contribution >= 0.6 is 0 Å². The van der Waals surface area contributed by atoms with E-state index in [0.29, 0.717) is 25.9 Å². The van der Waals surface area contributed by atoms with Crippen LogP contribution in [-0.4, -0.2) is 47.4 Å². The van der Waals surface area contributed by atoms with Gasteiger partial charge in [-0.3, -0.25) is 9.59 Å². The molecule has 6 heteroatoms. The quantitative estimate of drug-likeness (QED) is 0.0417. The molecule has 1 amide bonds. The molecule has 0 aromatic carbocycles. The molecule has 0 aliphatic carbocycles. The number of hydrogen-bond acceptors (Lipinski definition) is 5. The summed E-state index contributed by atoms with van der Waals surface area (Å²) in [4.78, 5) is 24.6. The molecular weight excluding hydrogens is 827 g/mol. The van der Waals surface area contributed by atoms with E-state index in [1.165, 1.54) is 263 Å². The first kappa shape index (κ1) is 65.9. The van der Waals surface area contributed by atoms with Gasteiger partial charge in [-0.25, -0.2) is 0 Å². The van der Waals surface area contributed by atoms with Gasteiger partial charge in [0.05, 0.1) is 25.4 Å². The molecule has 0 radical (unpaired) electrons. The smallest absolute Gasteiger partial charge is 0.305 e. The third kappa shape index (κ3) is 54.0. The monoisotopic (exact) mass is 948 g/mol. The van der Waals surface area contributed by atoms with Gasteiger partial charge in [0.15, 0.2) is 0 Å². The molecule has 0 bridgehead atoms. The van der Waals surface area contributed by atoms with Crippen molar-refractivity contribution in [1.82, 2.24) is 5.32 Å². The summed E-state index contributed by atoms with van der Waals surface area (Å²) >= 11 is 0. The van der Waals surface area contributed by atoms with Gasteiger partial charge in [0, 0.05) is 12.8 Å². The van der Waals surface area contributed by atoms with Crippen molar-refractivity contribution in [1.29, 1.82) is 0 Å². The highest BCUT2D eigenvalue weighted by atomic mass is 16.5. The minimum absolute atomic E-state index is 0.00524. The molecular formula is C61H121NO5. The Morgan fingerprint density at radius 1 is 0.358 bits per heavy atom. The number of ether oxygens (including phenoxy) is 1. The molecule has 3 N–H and O–H groups in total. The van der Waals surface area contributed by atoms with Crippen molar-refractivity contribution in [2.24, 2.45) is 0 Å². The number of nitrogens with one attached hydrogen (secondary N) is 1. The van der Waals surface area contributed by atoms with Crippen LogP contribution in [-0.2, 0) is 14.3 Å². The van der Waals surface area contributed by atoms with Gasteiger partial charge in [-0.1, -0.05) is 316 Å². The maximum absolute atomic E-state index is 12.5. The molecule has 0 aromatic rings. The van der Waals surface area contributed by atoms with Crippen LogP contribution in [0, 0.1) is 0 Å². The zero-order valence-electron chi connectivity index (χ0n) is 45.7. The van der Waals surface area contributed by atoms with E-state index >= 15 is 0 Å². The molecule has 0 spiro atoms. The molecule has 0 aliphatic heterocycles. The fourth-order valence-corrected chi connectivity index (χ4v) is 9.94. The van der Waals surface area contributed by atoms with E-state index in [0.717, 1.165) is 57.8 Å². The minimum Gasteiger partial charge on any atom is -0.466 e. The Labute approximate surface area is 419 Å². The fourth-order valence-electron chi connectivity index (χ4n) is 9.94. The van der Waals surface area contributed by atoms with Crippen LogP contribution in [0.1, 0.15) is 354 Å². The van der Waals surface area contributed by atoms with Gasteiger partial charge in [0.25, 0.3) is 0 Å². The molecule has 0 aromatic heterocycles. The van der Waals surface area contributed by atoms with Crippen molar-refractivity contribution in [2.45, 2.75) is 366 Å². The normalized spacial score (nSPS) is 12.5. The Balaban J connectivity index is 3.43. The van der Waals surface area contributed by atoms with E-state index in [-0.39, 0.29) is 18.5 Å². The third-order valence-corrected chi connectivity index (χ3v) is 14.7. The molecule has 400 valence electrons. The summed E-state index contributed by atoms with van der Waals surface area (Å²) in [6.07, 6.45) is 66.7. The number of unbranched alkanes of at least 4 members (excludes halogenated alkanes) is 47. The standard InChI is InChI=1S/C61H121NO5/c1-3-5-7-9-11-13-15-17-19-20-21-22-23-24-25-26-27-28-29-33-37-41-45-49-53-59(64)58(57-63)62-60(65)54-50-46-42-38-34-31-32-36-40-44-48-52-56-67-61(66)55-51-47-43-39-35-30-18-16-14-12-10-8-6-4-2/h58-59,63-64H,3-57H2,1-2H3,(H,62,65). The summed E-state index contributed by atoms with van der Waals surface area (Å²) in [5.41, 5.74) is 0. The maximum atomic E-state index is 12.5. The number of esters is 1. The Morgan fingerprint density at radius 3 is 0.910 bits per heavy atom. The number of aliphatic hydroxyl groups excluding tert-OH is 2. The lowest BCUT2D eigenvalue weighted by Gasteiger charge is -2.22. The van der Waals surface area contributed by atoms with Crippen LogP contribution in [0.4, 0.5) is 0 Å². The average molecular weight is 949 g/mol. The topological polar surface area (TPSA) is 95.9 Å². The van der Waals surface area contributed by atoms with Gasteiger partial charge in [0.2, 0.25) is 5.91 Å². The Bertz CT molecular complexity index is 959. The molecule has 0 saturated carbocycles. The summed E-state index contributed by atoms with van der Waals surface area (Å²) in [5, 5.41) is 23.4. The van der Waals surface area contributed by atoms with Gasteiger partial charge in [-0.2, -0.15) is 0 Å². The highest BCUT2D eigenvalue weighted by molar-refractivity contribution is 5.76. The lowest BCUT2D eigenvalue weighted by Crippen LogP contribution is -2.45. The van der Waals surface area contributed by atoms with E-state index < -0.39 is 12.1 Å². The predicted octanol–water partition coefficient (Wildman–Crippen LogP) is 19.1. The van der Waals surface area contributed by atoms with Crippen LogP contribution in [0.3, 0.4) is 0 Å². The molecule has 0 heterocycles. The minimum atomic E-state index is -0.674. The second-order valence-electron chi connectivity index (χ2n) is 21.4. The SMILES string of the molecule is CCCCCCCCCCCCCCCCCCCCCCCCCCC(O)C(CO)NC(=O)CCCCCCCCCCCCCCOC(=O)CCCCCCCCCCCCCCCC. The lowest BCUT2D eigenvalue weighted by molar-refractivity contribution is -0.143. The highest BCUT2D eigenvalue weighted by Crippen LogP contribution is 2.18. The first-order valence-electron chi connectivity index (χ1n) is 30.8.